The highest BCUT2D eigenvalue weighted by atomic mass is 16.4. The predicted molar refractivity (Wildman–Crippen MR) is 98.5 cm³/mol. The van der Waals surface area contributed by atoms with Crippen molar-refractivity contribution in [1.29, 1.82) is 0 Å². The monoisotopic (exact) mass is 365 g/mol. The maximum atomic E-state index is 12.2. The van der Waals surface area contributed by atoms with Crippen LogP contribution in [0.4, 0.5) is 0 Å². The number of hydrogen-bond acceptors (Lipinski definition) is 5. The van der Waals surface area contributed by atoms with Gasteiger partial charge in [-0.2, -0.15) is 5.01 Å². The Kier molecular flexibility index (Phi) is 8.06. The number of carbonyl (C=O) groups is 2. The molecule has 1 saturated heterocycles. The fourth-order valence-electron chi connectivity index (χ4n) is 3.38. The van der Waals surface area contributed by atoms with E-state index in [0.717, 1.165) is 48.3 Å². The maximum absolute atomic E-state index is 12.2. The molecule has 0 aliphatic carbocycles. The normalized spacial score (nSPS) is 14.8. The van der Waals surface area contributed by atoms with Crippen LogP contribution in [-0.4, -0.2) is 21.7 Å². The molecule has 1 aromatic heterocycles. The highest BCUT2D eigenvalue weighted by Gasteiger charge is 2.34. The van der Waals surface area contributed by atoms with Crippen molar-refractivity contribution in [2.24, 2.45) is 0 Å². The molecule has 7 heteroatoms. The Morgan fingerprint density at radius 2 is 1.42 bits per heavy atom. The number of carbonyl (C=O) groups excluding carboxylic acids is 2. The van der Waals surface area contributed by atoms with Gasteiger partial charge in [0, 0.05) is 18.8 Å². The van der Waals surface area contributed by atoms with Crippen molar-refractivity contribution in [3.05, 3.63) is 16.4 Å². The Morgan fingerprint density at radius 1 is 0.885 bits per heavy atom. The van der Waals surface area contributed by atoms with Crippen molar-refractivity contribution in [2.75, 3.05) is 5.01 Å². The minimum atomic E-state index is -0.754. The molecule has 2 rings (SSSR count). The second-order valence-electron chi connectivity index (χ2n) is 7.09. The van der Waals surface area contributed by atoms with Gasteiger partial charge in [-0.1, -0.05) is 70.0 Å². The second kappa shape index (κ2) is 10.3. The first kappa shape index (κ1) is 20.4. The van der Waals surface area contributed by atoms with Gasteiger partial charge in [0.2, 0.25) is 5.89 Å². The zero-order chi connectivity index (χ0) is 18.9. The van der Waals surface area contributed by atoms with Crippen LogP contribution in [0.3, 0.4) is 0 Å². The van der Waals surface area contributed by atoms with E-state index in [4.69, 9.17) is 4.42 Å². The van der Waals surface area contributed by atoms with E-state index >= 15 is 0 Å². The molecule has 0 bridgehead atoms. The van der Waals surface area contributed by atoms with E-state index in [-0.39, 0.29) is 18.8 Å². The van der Waals surface area contributed by atoms with Gasteiger partial charge in [0.1, 0.15) is 0 Å². The number of nitrogens with zero attached hydrogens (tertiary/aromatic N) is 3. The zero-order valence-electron chi connectivity index (χ0n) is 16.0. The molecule has 7 nitrogen and oxygen atoms in total. The molecule has 0 aromatic carbocycles. The van der Waals surface area contributed by atoms with Crippen molar-refractivity contribution in [3.63, 3.8) is 0 Å². The van der Waals surface area contributed by atoms with Gasteiger partial charge in [-0.15, -0.1) is 5.10 Å². The molecule has 0 radical (unpaired) electrons. The molecule has 0 saturated carbocycles. The average molecular weight is 365 g/mol. The van der Waals surface area contributed by atoms with E-state index in [2.05, 4.69) is 18.9 Å². The van der Waals surface area contributed by atoms with Crippen LogP contribution >= 0.6 is 0 Å². The summed E-state index contributed by atoms with van der Waals surface area (Å²) in [5.41, 5.74) is 0. The summed E-state index contributed by atoms with van der Waals surface area (Å²) in [5.74, 6) is -1.14. The molecule has 0 spiro atoms. The first-order valence-corrected chi connectivity index (χ1v) is 10.0. The lowest BCUT2D eigenvalue weighted by Crippen LogP contribution is -2.45. The Bertz CT molecular complexity index is 621. The van der Waals surface area contributed by atoms with Crippen LogP contribution in [0, 0.1) is 0 Å². The molecule has 0 unspecified atom stereocenters. The van der Waals surface area contributed by atoms with Gasteiger partial charge in [-0.05, 0) is 12.8 Å². The maximum Gasteiger partial charge on any atom is 0.457 e. The van der Waals surface area contributed by atoms with Crippen molar-refractivity contribution in [2.45, 2.75) is 96.8 Å². The van der Waals surface area contributed by atoms with Gasteiger partial charge in [0.15, 0.2) is 0 Å². The highest BCUT2D eigenvalue weighted by Crippen LogP contribution is 2.27. The molecule has 0 atom stereocenters. The fraction of sp³-hybridized carbons (Fsp3) is 0.789. The first-order valence-electron chi connectivity index (χ1n) is 10.0. The molecule has 1 fully saturated rings. The lowest BCUT2D eigenvalue weighted by Gasteiger charge is -2.13. The van der Waals surface area contributed by atoms with Crippen LogP contribution in [0.5, 0.6) is 0 Å². The van der Waals surface area contributed by atoms with Crippen molar-refractivity contribution < 1.29 is 14.0 Å². The number of aromatic nitrogens is 2. The largest absolute Gasteiger partial charge is 0.457 e. The molecule has 0 N–H and O–H groups in total. The van der Waals surface area contributed by atoms with Crippen LogP contribution in [0.15, 0.2) is 9.21 Å². The summed E-state index contributed by atoms with van der Waals surface area (Å²) < 4.78 is 5.35. The summed E-state index contributed by atoms with van der Waals surface area (Å²) in [7, 11) is 0. The molecule has 2 amide bonds. The molecule has 1 aliphatic heterocycles. The molecule has 146 valence electrons. The van der Waals surface area contributed by atoms with E-state index in [1.54, 1.807) is 0 Å². The smallest absolute Gasteiger partial charge is 0.391 e. The summed E-state index contributed by atoms with van der Waals surface area (Å²) in [6.07, 6.45) is 11.2. The summed E-state index contributed by atoms with van der Waals surface area (Å²) in [6, 6.07) is 0. The fourth-order valence-corrected chi connectivity index (χ4v) is 3.38. The summed E-state index contributed by atoms with van der Waals surface area (Å²) in [5, 5.41) is 5.03. The predicted octanol–water partition coefficient (Wildman–Crippen LogP) is 3.65. The Morgan fingerprint density at radius 3 is 1.92 bits per heavy atom. The SMILES string of the molecule is CCCCCCC(CCCCCC)c1nn(N2C(=O)CCC2=O)c(=O)o1. The molecular formula is C19H31N3O4. The zero-order valence-corrected chi connectivity index (χ0v) is 16.0. The van der Waals surface area contributed by atoms with Crippen LogP contribution in [0.2, 0.25) is 0 Å². The number of amides is 2. The summed E-state index contributed by atoms with van der Waals surface area (Å²) >= 11 is 0. The van der Waals surface area contributed by atoms with Gasteiger partial charge in [0.25, 0.3) is 11.8 Å². The van der Waals surface area contributed by atoms with Crippen LogP contribution in [-0.2, 0) is 9.59 Å². The van der Waals surface area contributed by atoms with E-state index in [0.29, 0.717) is 5.89 Å². The Labute approximate surface area is 154 Å². The van der Waals surface area contributed by atoms with E-state index in [9.17, 15) is 14.4 Å². The third-order valence-corrected chi connectivity index (χ3v) is 4.92. The lowest BCUT2D eigenvalue weighted by molar-refractivity contribution is -0.123. The first-order chi connectivity index (χ1) is 12.6. The topological polar surface area (TPSA) is 85.4 Å². The second-order valence-corrected chi connectivity index (χ2v) is 7.09. The van der Waals surface area contributed by atoms with Gasteiger partial charge >= 0.3 is 5.76 Å². The van der Waals surface area contributed by atoms with Crippen molar-refractivity contribution in [1.82, 2.24) is 9.89 Å². The summed E-state index contributed by atoms with van der Waals surface area (Å²) in [6.45, 7) is 4.35. The number of unbranched alkanes of at least 4 members (excludes halogenated alkanes) is 6. The van der Waals surface area contributed by atoms with Crippen molar-refractivity contribution in [3.8, 4) is 0 Å². The third kappa shape index (κ3) is 5.29. The van der Waals surface area contributed by atoms with E-state index in [1.165, 1.54) is 25.7 Å². The summed E-state index contributed by atoms with van der Waals surface area (Å²) in [4.78, 5) is 36.7. The highest BCUT2D eigenvalue weighted by molar-refractivity contribution is 6.13. The Hall–Kier alpha value is -1.92. The minimum Gasteiger partial charge on any atom is -0.391 e. The van der Waals surface area contributed by atoms with Crippen molar-refractivity contribution >= 4 is 11.8 Å². The molecule has 1 aliphatic rings. The van der Waals surface area contributed by atoms with Gasteiger partial charge in [-0.3, -0.25) is 9.59 Å². The number of imide groups is 1. The number of hydrogen-bond donors (Lipinski definition) is 0. The van der Waals surface area contributed by atoms with Gasteiger partial charge in [-0.25, -0.2) is 4.79 Å². The average Bonchev–Trinajstić information content (AvgIpc) is 3.15. The van der Waals surface area contributed by atoms with Crippen LogP contribution in [0.1, 0.15) is 103 Å². The Balaban J connectivity index is 2.10. The quantitative estimate of drug-likeness (QED) is 0.417. The van der Waals surface area contributed by atoms with Crippen LogP contribution in [0.25, 0.3) is 0 Å². The van der Waals surface area contributed by atoms with Gasteiger partial charge < -0.3 is 4.42 Å². The third-order valence-electron chi connectivity index (χ3n) is 4.92. The van der Waals surface area contributed by atoms with E-state index in [1.807, 2.05) is 0 Å². The molecule has 2 heterocycles. The molecular weight excluding hydrogens is 334 g/mol. The minimum absolute atomic E-state index is 0.0606. The number of rotatable bonds is 12. The van der Waals surface area contributed by atoms with Gasteiger partial charge in [0.05, 0.1) is 0 Å². The lowest BCUT2D eigenvalue weighted by atomic mass is 9.94. The molecule has 26 heavy (non-hydrogen) atoms. The van der Waals surface area contributed by atoms with E-state index < -0.39 is 17.6 Å². The van der Waals surface area contributed by atoms with Crippen LogP contribution < -0.4 is 10.8 Å². The molecule has 1 aromatic rings. The standard InChI is InChI=1S/C19H31N3O4/c1-3-5-7-9-11-15(12-10-8-6-4-2)18-20-22(19(25)26-18)21-16(23)13-14-17(21)24/h15H,3-14H2,1-2H3.